The van der Waals surface area contributed by atoms with Gasteiger partial charge in [0.1, 0.15) is 0 Å². The van der Waals surface area contributed by atoms with E-state index < -0.39 is 0 Å². The average molecular weight is 262 g/mol. The number of rotatable bonds is 1. The van der Waals surface area contributed by atoms with Crippen molar-refractivity contribution in [2.24, 2.45) is 0 Å². The lowest BCUT2D eigenvalue weighted by Gasteiger charge is -2.41. The van der Waals surface area contributed by atoms with Gasteiger partial charge >= 0.3 is 0 Å². The highest BCUT2D eigenvalue weighted by Gasteiger charge is 2.34. The molecule has 1 heterocycles. The highest BCUT2D eigenvalue weighted by atomic mass is 32.2. The standard InChI is InChI=1S/C15H22N2S/c1-10-11(2)18-8-7-17(10)15-6-3-12-9-13(16)4-5-14(12)15/h4-5,9-11,15H,3,6-8,16H2,1-2H3. The van der Waals surface area contributed by atoms with Crippen molar-refractivity contribution in [1.29, 1.82) is 0 Å². The number of aryl methyl sites for hydroxylation is 1. The molecule has 3 heteroatoms. The second kappa shape index (κ2) is 4.78. The number of hydrogen-bond donors (Lipinski definition) is 1. The van der Waals surface area contributed by atoms with Crippen LogP contribution in [0.25, 0.3) is 0 Å². The minimum Gasteiger partial charge on any atom is -0.399 e. The molecule has 1 aliphatic carbocycles. The maximum atomic E-state index is 5.89. The fourth-order valence-electron chi connectivity index (χ4n) is 3.36. The predicted molar refractivity (Wildman–Crippen MR) is 80.0 cm³/mol. The summed E-state index contributed by atoms with van der Waals surface area (Å²) in [4.78, 5) is 2.71. The molecule has 1 fully saturated rings. The van der Waals surface area contributed by atoms with Gasteiger partial charge in [-0.3, -0.25) is 4.90 Å². The first-order chi connectivity index (χ1) is 8.66. The van der Waals surface area contributed by atoms with Crippen molar-refractivity contribution in [3.8, 4) is 0 Å². The molecule has 3 rings (SSSR count). The average Bonchev–Trinajstić information content (AvgIpc) is 2.75. The van der Waals surface area contributed by atoms with Gasteiger partial charge in [0, 0.05) is 35.3 Å². The van der Waals surface area contributed by atoms with Gasteiger partial charge in [0.25, 0.3) is 0 Å². The molecular weight excluding hydrogens is 240 g/mol. The summed E-state index contributed by atoms with van der Waals surface area (Å²) in [6.45, 7) is 5.97. The summed E-state index contributed by atoms with van der Waals surface area (Å²) in [5.74, 6) is 1.27. The van der Waals surface area contributed by atoms with Crippen molar-refractivity contribution in [1.82, 2.24) is 4.90 Å². The number of hydrogen-bond acceptors (Lipinski definition) is 3. The molecule has 1 saturated heterocycles. The van der Waals surface area contributed by atoms with Crippen LogP contribution in [0.2, 0.25) is 0 Å². The van der Waals surface area contributed by atoms with E-state index in [4.69, 9.17) is 5.73 Å². The molecule has 1 aromatic rings. The monoisotopic (exact) mass is 262 g/mol. The molecule has 0 radical (unpaired) electrons. The molecule has 2 N–H and O–H groups in total. The molecule has 0 bridgehead atoms. The van der Waals surface area contributed by atoms with Gasteiger partial charge in [-0.1, -0.05) is 13.0 Å². The molecule has 18 heavy (non-hydrogen) atoms. The first kappa shape index (κ1) is 12.4. The first-order valence-electron chi connectivity index (χ1n) is 6.92. The summed E-state index contributed by atoms with van der Waals surface area (Å²) >= 11 is 2.11. The Morgan fingerprint density at radius 2 is 2.17 bits per heavy atom. The summed E-state index contributed by atoms with van der Waals surface area (Å²) < 4.78 is 0. The minimum atomic E-state index is 0.624. The summed E-state index contributed by atoms with van der Waals surface area (Å²) in [7, 11) is 0. The van der Waals surface area contributed by atoms with Crippen LogP contribution >= 0.6 is 11.8 Å². The zero-order valence-corrected chi connectivity index (χ0v) is 12.0. The Hall–Kier alpha value is -0.670. The topological polar surface area (TPSA) is 29.3 Å². The summed E-state index contributed by atoms with van der Waals surface area (Å²) in [6, 6.07) is 7.78. The lowest BCUT2D eigenvalue weighted by atomic mass is 10.0. The normalized spacial score (nSPS) is 32.4. The Morgan fingerprint density at radius 3 is 3.00 bits per heavy atom. The van der Waals surface area contributed by atoms with Gasteiger partial charge in [0.15, 0.2) is 0 Å². The maximum absolute atomic E-state index is 5.89. The molecule has 3 unspecified atom stereocenters. The number of nitrogens with two attached hydrogens (primary N) is 1. The van der Waals surface area contributed by atoms with Gasteiger partial charge in [-0.25, -0.2) is 0 Å². The Bertz CT molecular complexity index is 446. The zero-order chi connectivity index (χ0) is 12.7. The van der Waals surface area contributed by atoms with Gasteiger partial charge in [0.05, 0.1) is 0 Å². The number of nitrogens with zero attached hydrogens (tertiary/aromatic N) is 1. The van der Waals surface area contributed by atoms with Crippen LogP contribution in [-0.2, 0) is 6.42 Å². The quantitative estimate of drug-likeness (QED) is 0.789. The SMILES string of the molecule is CC1SCCN(C2CCc3cc(N)ccc32)C1C. The highest BCUT2D eigenvalue weighted by molar-refractivity contribution is 8.00. The van der Waals surface area contributed by atoms with Crippen LogP contribution < -0.4 is 5.73 Å². The van der Waals surface area contributed by atoms with Crippen LogP contribution in [0.1, 0.15) is 37.4 Å². The number of nitrogen functional groups attached to an aromatic ring is 1. The van der Waals surface area contributed by atoms with E-state index in [2.05, 4.69) is 48.7 Å². The predicted octanol–water partition coefficient (Wildman–Crippen LogP) is 3.08. The van der Waals surface area contributed by atoms with Crippen LogP contribution in [-0.4, -0.2) is 28.5 Å². The Balaban J connectivity index is 1.87. The Morgan fingerprint density at radius 1 is 1.33 bits per heavy atom. The number of fused-ring (bicyclic) bond motifs is 1. The molecule has 1 aliphatic heterocycles. The fraction of sp³-hybridized carbons (Fsp3) is 0.600. The van der Waals surface area contributed by atoms with Crippen LogP contribution in [0, 0.1) is 0 Å². The molecule has 0 saturated carbocycles. The van der Waals surface area contributed by atoms with E-state index >= 15 is 0 Å². The summed E-state index contributed by atoms with van der Waals surface area (Å²) in [5, 5.41) is 0.747. The maximum Gasteiger partial charge on any atom is 0.0357 e. The van der Waals surface area contributed by atoms with Crippen molar-refractivity contribution in [3.63, 3.8) is 0 Å². The van der Waals surface area contributed by atoms with E-state index in [1.165, 1.54) is 36.3 Å². The molecule has 0 amide bonds. The van der Waals surface area contributed by atoms with E-state index in [0.29, 0.717) is 12.1 Å². The minimum absolute atomic E-state index is 0.624. The molecule has 3 atom stereocenters. The van der Waals surface area contributed by atoms with Crippen LogP contribution in [0.3, 0.4) is 0 Å². The van der Waals surface area contributed by atoms with Crippen molar-refractivity contribution in [2.75, 3.05) is 18.0 Å². The van der Waals surface area contributed by atoms with Crippen LogP contribution in [0.4, 0.5) is 5.69 Å². The van der Waals surface area contributed by atoms with Crippen molar-refractivity contribution in [2.45, 2.75) is 44.0 Å². The molecule has 2 aliphatic rings. The van der Waals surface area contributed by atoms with Crippen molar-refractivity contribution < 1.29 is 0 Å². The molecule has 0 aromatic heterocycles. The number of thioether (sulfide) groups is 1. The molecule has 2 nitrogen and oxygen atoms in total. The first-order valence-corrected chi connectivity index (χ1v) is 7.97. The van der Waals surface area contributed by atoms with E-state index in [0.717, 1.165) is 10.9 Å². The number of anilines is 1. The zero-order valence-electron chi connectivity index (χ0n) is 11.2. The molecular formula is C15H22N2S. The third kappa shape index (κ3) is 2.04. The van der Waals surface area contributed by atoms with Gasteiger partial charge in [0.2, 0.25) is 0 Å². The third-order valence-corrected chi connectivity index (χ3v) is 5.88. The second-order valence-electron chi connectivity index (χ2n) is 5.57. The van der Waals surface area contributed by atoms with E-state index in [-0.39, 0.29) is 0 Å². The van der Waals surface area contributed by atoms with Gasteiger partial charge < -0.3 is 5.73 Å². The van der Waals surface area contributed by atoms with Crippen molar-refractivity contribution >= 4 is 17.4 Å². The van der Waals surface area contributed by atoms with E-state index in [1.54, 1.807) is 0 Å². The van der Waals surface area contributed by atoms with Gasteiger partial charge in [-0.05, 0) is 43.0 Å². The number of benzene rings is 1. The summed E-state index contributed by atoms with van der Waals surface area (Å²) in [5.41, 5.74) is 9.79. The molecule has 1 aromatic carbocycles. The third-order valence-electron chi connectivity index (χ3n) is 4.55. The van der Waals surface area contributed by atoms with Gasteiger partial charge in [-0.2, -0.15) is 11.8 Å². The van der Waals surface area contributed by atoms with Crippen molar-refractivity contribution in [3.05, 3.63) is 29.3 Å². The lowest BCUT2D eigenvalue weighted by molar-refractivity contribution is 0.146. The van der Waals surface area contributed by atoms with Gasteiger partial charge in [-0.15, -0.1) is 0 Å². The smallest absolute Gasteiger partial charge is 0.0357 e. The highest BCUT2D eigenvalue weighted by Crippen LogP contribution is 2.40. The molecule has 0 spiro atoms. The Labute approximate surface area is 114 Å². The Kier molecular flexibility index (Phi) is 3.29. The summed E-state index contributed by atoms with van der Waals surface area (Å²) in [6.07, 6.45) is 2.45. The van der Waals surface area contributed by atoms with E-state index in [1.807, 2.05) is 0 Å². The van der Waals surface area contributed by atoms with Crippen LogP contribution in [0.5, 0.6) is 0 Å². The van der Waals surface area contributed by atoms with Crippen LogP contribution in [0.15, 0.2) is 18.2 Å². The molecule has 98 valence electrons. The van der Waals surface area contributed by atoms with E-state index in [9.17, 15) is 0 Å². The largest absolute Gasteiger partial charge is 0.399 e. The second-order valence-corrected chi connectivity index (χ2v) is 7.05. The fourth-order valence-corrected chi connectivity index (χ4v) is 4.48. The lowest BCUT2D eigenvalue weighted by Crippen LogP contribution is -2.46.